The zero-order valence-corrected chi connectivity index (χ0v) is 9.86. The van der Waals surface area contributed by atoms with Crippen molar-refractivity contribution in [2.45, 2.75) is 38.8 Å². The van der Waals surface area contributed by atoms with Crippen LogP contribution in [0.1, 0.15) is 26.7 Å². The minimum absolute atomic E-state index is 0.447. The first-order valence-corrected chi connectivity index (χ1v) is 5.70. The molecule has 0 aromatic carbocycles. The molecule has 0 aromatic heterocycles. The van der Waals surface area contributed by atoms with Crippen molar-refractivity contribution < 1.29 is 9.90 Å². The molecule has 15 heavy (non-hydrogen) atoms. The Morgan fingerprint density at radius 1 is 1.60 bits per heavy atom. The summed E-state index contributed by atoms with van der Waals surface area (Å²) in [5, 5.41) is 11.8. The van der Waals surface area contributed by atoms with E-state index in [2.05, 4.69) is 24.1 Å². The van der Waals surface area contributed by atoms with Crippen LogP contribution in [0.5, 0.6) is 0 Å². The molecule has 1 fully saturated rings. The van der Waals surface area contributed by atoms with Gasteiger partial charge >= 0.3 is 5.97 Å². The van der Waals surface area contributed by atoms with E-state index in [0.717, 1.165) is 6.54 Å². The van der Waals surface area contributed by atoms with Crippen LogP contribution in [0.25, 0.3) is 0 Å². The molecule has 3 unspecified atom stereocenters. The maximum absolute atomic E-state index is 10.9. The van der Waals surface area contributed by atoms with Gasteiger partial charge < -0.3 is 10.4 Å². The third-order valence-electron chi connectivity index (χ3n) is 3.57. The van der Waals surface area contributed by atoms with Gasteiger partial charge in [-0.25, -0.2) is 0 Å². The highest BCUT2D eigenvalue weighted by atomic mass is 16.4. The van der Waals surface area contributed by atoms with Crippen LogP contribution in [0.2, 0.25) is 0 Å². The Balaban J connectivity index is 2.52. The van der Waals surface area contributed by atoms with Crippen molar-refractivity contribution in [2.24, 2.45) is 5.92 Å². The number of likely N-dealkylation sites (N-methyl/N-ethyl adjacent to an activating group) is 1. The predicted molar refractivity (Wildman–Crippen MR) is 59.9 cm³/mol. The molecule has 1 saturated heterocycles. The van der Waals surface area contributed by atoms with Gasteiger partial charge in [-0.3, -0.25) is 9.69 Å². The molecule has 0 radical (unpaired) electrons. The SMILES string of the molecule is CNC(CN1CCCC(C)C1C)C(=O)O. The van der Waals surface area contributed by atoms with E-state index >= 15 is 0 Å². The van der Waals surface area contributed by atoms with E-state index in [0.29, 0.717) is 18.5 Å². The molecule has 4 nitrogen and oxygen atoms in total. The van der Waals surface area contributed by atoms with Gasteiger partial charge in [0.1, 0.15) is 6.04 Å². The molecule has 0 bridgehead atoms. The van der Waals surface area contributed by atoms with Gasteiger partial charge in [0.2, 0.25) is 0 Å². The highest BCUT2D eigenvalue weighted by Gasteiger charge is 2.28. The number of hydrogen-bond donors (Lipinski definition) is 2. The minimum atomic E-state index is -0.761. The molecule has 2 N–H and O–H groups in total. The molecule has 4 heteroatoms. The van der Waals surface area contributed by atoms with Gasteiger partial charge in [0, 0.05) is 12.6 Å². The average Bonchev–Trinajstić information content (AvgIpc) is 2.19. The first-order valence-electron chi connectivity index (χ1n) is 5.70. The maximum Gasteiger partial charge on any atom is 0.322 e. The molecule has 1 heterocycles. The topological polar surface area (TPSA) is 52.6 Å². The van der Waals surface area contributed by atoms with Crippen LogP contribution < -0.4 is 5.32 Å². The summed E-state index contributed by atoms with van der Waals surface area (Å²) in [6.07, 6.45) is 2.44. The van der Waals surface area contributed by atoms with Crippen molar-refractivity contribution in [3.8, 4) is 0 Å². The lowest BCUT2D eigenvalue weighted by Gasteiger charge is -2.39. The number of carbonyl (C=O) groups is 1. The van der Waals surface area contributed by atoms with E-state index in [-0.39, 0.29) is 0 Å². The Morgan fingerprint density at radius 2 is 2.27 bits per heavy atom. The number of hydrogen-bond acceptors (Lipinski definition) is 3. The number of likely N-dealkylation sites (tertiary alicyclic amines) is 1. The summed E-state index contributed by atoms with van der Waals surface area (Å²) in [7, 11) is 1.71. The highest BCUT2D eigenvalue weighted by molar-refractivity contribution is 5.73. The van der Waals surface area contributed by atoms with Crippen LogP contribution in [-0.4, -0.2) is 48.2 Å². The van der Waals surface area contributed by atoms with Crippen LogP contribution >= 0.6 is 0 Å². The summed E-state index contributed by atoms with van der Waals surface area (Å²) in [6, 6.07) is 0.0479. The minimum Gasteiger partial charge on any atom is -0.480 e. The van der Waals surface area contributed by atoms with E-state index in [4.69, 9.17) is 5.11 Å². The van der Waals surface area contributed by atoms with Crippen LogP contribution in [0.3, 0.4) is 0 Å². The number of nitrogens with one attached hydrogen (secondary N) is 1. The lowest BCUT2D eigenvalue weighted by atomic mass is 9.92. The lowest BCUT2D eigenvalue weighted by Crippen LogP contribution is -2.51. The van der Waals surface area contributed by atoms with Crippen molar-refractivity contribution in [2.75, 3.05) is 20.1 Å². The second kappa shape index (κ2) is 5.47. The first-order chi connectivity index (χ1) is 7.06. The van der Waals surface area contributed by atoms with Gasteiger partial charge in [-0.1, -0.05) is 6.92 Å². The number of rotatable bonds is 4. The monoisotopic (exact) mass is 214 g/mol. The molecule has 0 aliphatic carbocycles. The maximum atomic E-state index is 10.9. The summed E-state index contributed by atoms with van der Waals surface area (Å²) in [5.74, 6) is -0.0898. The van der Waals surface area contributed by atoms with E-state index in [1.165, 1.54) is 12.8 Å². The standard InChI is InChI=1S/C11H22N2O2/c1-8-5-4-6-13(9(8)2)7-10(12-3)11(14)15/h8-10,12H,4-7H2,1-3H3,(H,14,15). The molecule has 88 valence electrons. The molecule has 0 spiro atoms. The van der Waals surface area contributed by atoms with Crippen LogP contribution in [-0.2, 0) is 4.79 Å². The van der Waals surface area contributed by atoms with Gasteiger partial charge in [0.25, 0.3) is 0 Å². The summed E-state index contributed by atoms with van der Waals surface area (Å²) >= 11 is 0. The van der Waals surface area contributed by atoms with Gasteiger partial charge in [0.15, 0.2) is 0 Å². The fourth-order valence-electron chi connectivity index (χ4n) is 2.21. The largest absolute Gasteiger partial charge is 0.480 e. The molecule has 3 atom stereocenters. The smallest absolute Gasteiger partial charge is 0.322 e. The van der Waals surface area contributed by atoms with E-state index in [1.807, 2.05) is 0 Å². The third-order valence-corrected chi connectivity index (χ3v) is 3.57. The summed E-state index contributed by atoms with van der Waals surface area (Å²) in [6.45, 7) is 6.07. The number of nitrogens with zero attached hydrogens (tertiary/aromatic N) is 1. The Labute approximate surface area is 91.6 Å². The zero-order chi connectivity index (χ0) is 11.4. The van der Waals surface area contributed by atoms with Gasteiger partial charge in [-0.2, -0.15) is 0 Å². The fraction of sp³-hybridized carbons (Fsp3) is 0.909. The van der Waals surface area contributed by atoms with Crippen LogP contribution in [0.15, 0.2) is 0 Å². The summed E-state index contributed by atoms with van der Waals surface area (Å²) in [4.78, 5) is 13.2. The molecular weight excluding hydrogens is 192 g/mol. The quantitative estimate of drug-likeness (QED) is 0.726. The average molecular weight is 214 g/mol. The van der Waals surface area contributed by atoms with Crippen molar-refractivity contribution >= 4 is 5.97 Å². The fourth-order valence-corrected chi connectivity index (χ4v) is 2.21. The van der Waals surface area contributed by atoms with Gasteiger partial charge in [-0.15, -0.1) is 0 Å². The van der Waals surface area contributed by atoms with E-state index in [1.54, 1.807) is 7.05 Å². The Morgan fingerprint density at radius 3 is 2.80 bits per heavy atom. The van der Waals surface area contributed by atoms with Gasteiger partial charge in [0.05, 0.1) is 0 Å². The summed E-state index contributed by atoms with van der Waals surface area (Å²) < 4.78 is 0. The summed E-state index contributed by atoms with van der Waals surface area (Å²) in [5.41, 5.74) is 0. The van der Waals surface area contributed by atoms with Crippen LogP contribution in [0, 0.1) is 5.92 Å². The number of piperidine rings is 1. The Bertz CT molecular complexity index is 221. The molecule has 1 aliphatic rings. The zero-order valence-electron chi connectivity index (χ0n) is 9.86. The second-order valence-corrected chi connectivity index (χ2v) is 4.53. The third kappa shape index (κ3) is 3.18. The molecule has 1 rings (SSSR count). The van der Waals surface area contributed by atoms with Crippen molar-refractivity contribution in [3.05, 3.63) is 0 Å². The molecule has 0 amide bonds. The van der Waals surface area contributed by atoms with Crippen LogP contribution in [0.4, 0.5) is 0 Å². The molecular formula is C11H22N2O2. The lowest BCUT2D eigenvalue weighted by molar-refractivity contribution is -0.140. The molecule has 0 aromatic rings. The van der Waals surface area contributed by atoms with Crippen molar-refractivity contribution in [1.29, 1.82) is 0 Å². The number of aliphatic carboxylic acids is 1. The predicted octanol–water partition coefficient (Wildman–Crippen LogP) is 0.779. The van der Waals surface area contributed by atoms with E-state index < -0.39 is 12.0 Å². The highest BCUT2D eigenvalue weighted by Crippen LogP contribution is 2.22. The second-order valence-electron chi connectivity index (χ2n) is 4.53. The Kier molecular flexibility index (Phi) is 4.54. The van der Waals surface area contributed by atoms with Crippen molar-refractivity contribution in [1.82, 2.24) is 10.2 Å². The first kappa shape index (κ1) is 12.5. The molecule has 0 saturated carbocycles. The van der Waals surface area contributed by atoms with Crippen molar-refractivity contribution in [3.63, 3.8) is 0 Å². The van der Waals surface area contributed by atoms with Gasteiger partial charge in [-0.05, 0) is 39.3 Å². The Hall–Kier alpha value is -0.610. The van der Waals surface area contributed by atoms with E-state index in [9.17, 15) is 4.79 Å². The number of carboxylic acids is 1. The molecule has 1 aliphatic heterocycles. The number of carboxylic acid groups (broad SMARTS) is 1. The normalized spacial score (nSPS) is 30.1.